The summed E-state index contributed by atoms with van der Waals surface area (Å²) in [6.45, 7) is 5.32. The summed E-state index contributed by atoms with van der Waals surface area (Å²) in [4.78, 5) is 41.2. The van der Waals surface area contributed by atoms with Crippen LogP contribution >= 0.6 is 0 Å². The van der Waals surface area contributed by atoms with E-state index in [2.05, 4.69) is 9.98 Å². The number of nitro groups is 1. The normalized spacial score (nSPS) is 11.1. The van der Waals surface area contributed by atoms with E-state index in [1.165, 1.54) is 18.2 Å². The number of hydrogen-bond donors (Lipinski definition) is 2. The molecule has 0 aliphatic carbocycles. The highest BCUT2D eigenvalue weighted by molar-refractivity contribution is 5.84. The van der Waals surface area contributed by atoms with E-state index < -0.39 is 22.1 Å². The monoisotopic (exact) mass is 394 g/mol. The number of aliphatic imine (C=N–C) groups is 1. The van der Waals surface area contributed by atoms with E-state index in [9.17, 15) is 24.8 Å². The predicted octanol–water partition coefficient (Wildman–Crippen LogP) is 2.82. The Bertz CT molecular complexity index is 1270. The van der Waals surface area contributed by atoms with Crippen LogP contribution in [-0.2, 0) is 0 Å². The minimum Gasteiger partial charge on any atom is -0.493 e. The minimum atomic E-state index is -0.795. The fourth-order valence-electron chi connectivity index (χ4n) is 2.97. The van der Waals surface area contributed by atoms with E-state index in [1.807, 2.05) is 13.0 Å². The van der Waals surface area contributed by atoms with Gasteiger partial charge in [0.05, 0.1) is 16.3 Å². The molecule has 0 saturated heterocycles. The number of non-ortho nitro benzene ring substituents is 1. The highest BCUT2D eigenvalue weighted by Gasteiger charge is 2.16. The number of H-pyrrole nitrogens is 1. The molecule has 1 heterocycles. The van der Waals surface area contributed by atoms with Crippen LogP contribution in [0.2, 0.25) is 0 Å². The molecular weight excluding hydrogens is 376 g/mol. The molecule has 3 rings (SSSR count). The zero-order valence-corrected chi connectivity index (χ0v) is 16.0. The van der Waals surface area contributed by atoms with Gasteiger partial charge in [-0.05, 0) is 44.0 Å². The first-order valence-corrected chi connectivity index (χ1v) is 8.64. The van der Waals surface area contributed by atoms with E-state index in [0.717, 1.165) is 21.9 Å². The van der Waals surface area contributed by atoms with Gasteiger partial charge in [-0.3, -0.25) is 24.9 Å². The number of aromatic hydroxyl groups is 1. The molecule has 3 aromatic rings. The number of benzene rings is 2. The maximum absolute atomic E-state index is 12.3. The van der Waals surface area contributed by atoms with Crippen LogP contribution in [0.4, 0.5) is 11.4 Å². The highest BCUT2D eigenvalue weighted by Crippen LogP contribution is 2.24. The zero-order chi connectivity index (χ0) is 21.3. The van der Waals surface area contributed by atoms with Crippen LogP contribution in [0, 0.1) is 30.9 Å². The summed E-state index contributed by atoms with van der Waals surface area (Å²) in [6, 6.07) is 9.39. The van der Waals surface area contributed by atoms with E-state index in [-0.39, 0.29) is 11.3 Å². The van der Waals surface area contributed by atoms with E-state index in [4.69, 9.17) is 0 Å². The predicted molar refractivity (Wildman–Crippen MR) is 109 cm³/mol. The van der Waals surface area contributed by atoms with Crippen molar-refractivity contribution in [2.45, 2.75) is 20.8 Å². The van der Waals surface area contributed by atoms with E-state index in [0.29, 0.717) is 16.9 Å². The molecule has 148 valence electrons. The van der Waals surface area contributed by atoms with Gasteiger partial charge in [-0.25, -0.2) is 9.36 Å². The van der Waals surface area contributed by atoms with Gasteiger partial charge in [0, 0.05) is 18.3 Å². The number of aryl methyl sites for hydroxylation is 3. The molecule has 0 fully saturated rings. The Labute approximate surface area is 164 Å². The zero-order valence-electron chi connectivity index (χ0n) is 16.0. The molecule has 0 aliphatic rings. The third kappa shape index (κ3) is 3.84. The van der Waals surface area contributed by atoms with E-state index >= 15 is 0 Å². The van der Waals surface area contributed by atoms with Crippen LogP contribution in [0.25, 0.3) is 5.69 Å². The fourth-order valence-corrected chi connectivity index (χ4v) is 2.97. The molecule has 2 N–H and O–H groups in total. The van der Waals surface area contributed by atoms with Gasteiger partial charge in [0.1, 0.15) is 5.56 Å². The first-order chi connectivity index (χ1) is 13.7. The van der Waals surface area contributed by atoms with Crippen molar-refractivity contribution in [2.24, 2.45) is 4.99 Å². The van der Waals surface area contributed by atoms with Crippen molar-refractivity contribution < 1.29 is 10.0 Å². The summed E-state index contributed by atoms with van der Waals surface area (Å²) in [5.74, 6) is -0.547. The number of nitro benzene ring substituents is 1. The number of aromatic amines is 1. The quantitative estimate of drug-likeness (QED) is 0.399. The van der Waals surface area contributed by atoms with Crippen molar-refractivity contribution in [3.63, 3.8) is 0 Å². The number of nitrogens with zero attached hydrogens (tertiary/aromatic N) is 3. The van der Waals surface area contributed by atoms with Crippen molar-refractivity contribution >= 4 is 17.6 Å². The van der Waals surface area contributed by atoms with Crippen molar-refractivity contribution in [1.82, 2.24) is 9.55 Å². The molecule has 9 heteroatoms. The molecule has 0 unspecified atom stereocenters. The molecular formula is C20H18N4O5. The molecule has 0 atom stereocenters. The van der Waals surface area contributed by atoms with Crippen LogP contribution in [0.1, 0.15) is 22.3 Å². The summed E-state index contributed by atoms with van der Waals surface area (Å²) in [7, 11) is 0. The van der Waals surface area contributed by atoms with Crippen LogP contribution in [0.5, 0.6) is 5.88 Å². The minimum absolute atomic E-state index is 0.0782. The number of nitrogens with one attached hydrogen (secondary N) is 1. The molecule has 0 amide bonds. The topological polar surface area (TPSA) is 131 Å². The molecule has 1 aromatic heterocycles. The Balaban J connectivity index is 2.12. The van der Waals surface area contributed by atoms with Crippen molar-refractivity contribution in [3.05, 3.63) is 89.6 Å². The lowest BCUT2D eigenvalue weighted by Crippen LogP contribution is -2.31. The van der Waals surface area contributed by atoms with Gasteiger partial charge in [0.25, 0.3) is 11.2 Å². The van der Waals surface area contributed by atoms with Gasteiger partial charge in [-0.2, -0.15) is 0 Å². The molecule has 0 saturated carbocycles. The van der Waals surface area contributed by atoms with Crippen LogP contribution < -0.4 is 11.2 Å². The number of rotatable bonds is 4. The second-order valence-electron chi connectivity index (χ2n) is 6.61. The summed E-state index contributed by atoms with van der Waals surface area (Å²) < 4.78 is 1.00. The average Bonchev–Trinajstić information content (AvgIpc) is 2.63. The van der Waals surface area contributed by atoms with Gasteiger partial charge < -0.3 is 5.11 Å². The Hall–Kier alpha value is -4.01. The summed E-state index contributed by atoms with van der Waals surface area (Å²) in [5.41, 5.74) is 1.21. The average molecular weight is 394 g/mol. The lowest BCUT2D eigenvalue weighted by Gasteiger charge is -2.12. The smallest absolute Gasteiger partial charge is 0.335 e. The fraction of sp³-hybridized carbons (Fsp3) is 0.150. The van der Waals surface area contributed by atoms with Gasteiger partial charge in [-0.1, -0.05) is 17.7 Å². The van der Waals surface area contributed by atoms with Crippen molar-refractivity contribution in [1.29, 1.82) is 0 Å². The van der Waals surface area contributed by atoms with Crippen molar-refractivity contribution in [2.75, 3.05) is 0 Å². The van der Waals surface area contributed by atoms with Gasteiger partial charge in [0.2, 0.25) is 5.88 Å². The lowest BCUT2D eigenvalue weighted by atomic mass is 10.1. The Morgan fingerprint density at radius 1 is 1.10 bits per heavy atom. The molecule has 0 bridgehead atoms. The second kappa shape index (κ2) is 7.55. The first-order valence-electron chi connectivity index (χ1n) is 8.64. The van der Waals surface area contributed by atoms with Gasteiger partial charge in [0.15, 0.2) is 0 Å². The summed E-state index contributed by atoms with van der Waals surface area (Å²) in [6.07, 6.45) is 1.13. The number of aromatic nitrogens is 2. The second-order valence-corrected chi connectivity index (χ2v) is 6.61. The van der Waals surface area contributed by atoms with Crippen LogP contribution in [-0.4, -0.2) is 25.8 Å². The van der Waals surface area contributed by atoms with Crippen LogP contribution in [0.15, 0.2) is 51.0 Å². The first kappa shape index (κ1) is 19.7. The molecule has 9 nitrogen and oxygen atoms in total. The molecule has 0 spiro atoms. The summed E-state index contributed by atoms with van der Waals surface area (Å²) >= 11 is 0. The third-order valence-electron chi connectivity index (χ3n) is 4.44. The Morgan fingerprint density at radius 3 is 2.45 bits per heavy atom. The summed E-state index contributed by atoms with van der Waals surface area (Å²) in [5, 5.41) is 21.5. The molecule has 29 heavy (non-hydrogen) atoms. The van der Waals surface area contributed by atoms with Crippen molar-refractivity contribution in [3.8, 4) is 11.6 Å². The Morgan fingerprint density at radius 2 is 1.83 bits per heavy atom. The highest BCUT2D eigenvalue weighted by atomic mass is 16.6. The maximum Gasteiger partial charge on any atom is 0.335 e. The van der Waals surface area contributed by atoms with E-state index in [1.54, 1.807) is 26.0 Å². The van der Waals surface area contributed by atoms with Gasteiger partial charge >= 0.3 is 5.69 Å². The third-order valence-corrected chi connectivity index (χ3v) is 4.44. The SMILES string of the molecule is Cc1ccc(-n2c(O)c(C=Nc3ccc([N+](=O)[O-])cc3C)c(=O)[nH]c2=O)c(C)c1. The number of hydrogen-bond acceptors (Lipinski definition) is 6. The largest absolute Gasteiger partial charge is 0.493 e. The molecule has 2 aromatic carbocycles. The van der Waals surface area contributed by atoms with Gasteiger partial charge in [-0.15, -0.1) is 0 Å². The molecule has 0 aliphatic heterocycles. The lowest BCUT2D eigenvalue weighted by molar-refractivity contribution is -0.384. The Kier molecular flexibility index (Phi) is 5.14. The van der Waals surface area contributed by atoms with Crippen LogP contribution in [0.3, 0.4) is 0 Å². The standard InChI is InChI=1S/C20H18N4O5/c1-11-4-7-17(13(3)8-11)23-19(26)15(18(25)22-20(23)27)10-21-16-6-5-14(24(28)29)9-12(16)2/h4-10,26H,1-3H3,(H,22,25,27). The molecule has 0 radical (unpaired) electrons. The maximum atomic E-state index is 12.3.